The highest BCUT2D eigenvalue weighted by atomic mass is 15.3. The van der Waals surface area contributed by atoms with Crippen molar-refractivity contribution in [2.75, 3.05) is 0 Å². The molecule has 0 saturated heterocycles. The molecule has 0 aliphatic heterocycles. The van der Waals surface area contributed by atoms with Crippen molar-refractivity contribution in [2.24, 2.45) is 0 Å². The molecule has 0 fully saturated rings. The molecule has 0 radical (unpaired) electrons. The number of rotatable bonds is 1. The first-order chi connectivity index (χ1) is 7.65. The number of aromatic nitrogens is 3. The molecule has 0 saturated carbocycles. The lowest BCUT2D eigenvalue weighted by Gasteiger charge is -2.05. The molecule has 0 bridgehead atoms. The first-order valence-electron chi connectivity index (χ1n) is 5.02. The molecule has 2 heterocycles. The van der Waals surface area contributed by atoms with Crippen molar-refractivity contribution >= 4 is 0 Å². The summed E-state index contributed by atoms with van der Waals surface area (Å²) in [5.41, 5.74) is 4.49. The lowest BCUT2D eigenvalue weighted by Crippen LogP contribution is -2.02. The van der Waals surface area contributed by atoms with Gasteiger partial charge in [-0.25, -0.2) is 4.68 Å². The molecule has 0 atom stereocenters. The van der Waals surface area contributed by atoms with Crippen LogP contribution in [0.2, 0.25) is 0 Å². The van der Waals surface area contributed by atoms with Crippen molar-refractivity contribution in [2.45, 2.75) is 20.8 Å². The van der Waals surface area contributed by atoms with Gasteiger partial charge < -0.3 is 0 Å². The zero-order valence-corrected chi connectivity index (χ0v) is 9.52. The van der Waals surface area contributed by atoms with Gasteiger partial charge in [0.05, 0.1) is 17.5 Å². The Morgan fingerprint density at radius 3 is 2.62 bits per heavy atom. The van der Waals surface area contributed by atoms with E-state index in [9.17, 15) is 0 Å². The van der Waals surface area contributed by atoms with Crippen molar-refractivity contribution < 1.29 is 0 Å². The summed E-state index contributed by atoms with van der Waals surface area (Å²) in [6, 6.07) is 3.84. The topological polar surface area (TPSA) is 54.5 Å². The Morgan fingerprint density at radius 1 is 1.31 bits per heavy atom. The molecular weight excluding hydrogens is 200 g/mol. The number of aryl methyl sites for hydroxylation is 1. The van der Waals surface area contributed by atoms with Crippen LogP contribution in [0.25, 0.3) is 5.69 Å². The highest BCUT2D eigenvalue weighted by molar-refractivity contribution is 5.47. The Morgan fingerprint density at radius 2 is 2.06 bits per heavy atom. The van der Waals surface area contributed by atoms with Gasteiger partial charge in [0.2, 0.25) is 0 Å². The molecule has 0 unspecified atom stereocenters. The number of hydrogen-bond acceptors (Lipinski definition) is 3. The molecule has 0 aromatic carbocycles. The molecule has 2 aromatic rings. The van der Waals surface area contributed by atoms with E-state index >= 15 is 0 Å². The molecule has 2 rings (SSSR count). The fourth-order valence-electron chi connectivity index (χ4n) is 1.60. The van der Waals surface area contributed by atoms with E-state index in [0.717, 1.165) is 22.6 Å². The summed E-state index contributed by atoms with van der Waals surface area (Å²) in [5.74, 6) is 0. The minimum atomic E-state index is 0.584. The predicted molar refractivity (Wildman–Crippen MR) is 60.3 cm³/mol. The fourth-order valence-corrected chi connectivity index (χ4v) is 1.60. The van der Waals surface area contributed by atoms with Crippen LogP contribution in [0.3, 0.4) is 0 Å². The van der Waals surface area contributed by atoms with Gasteiger partial charge in [0.15, 0.2) is 0 Å². The van der Waals surface area contributed by atoms with Crippen molar-refractivity contribution in [3.63, 3.8) is 0 Å². The second-order valence-corrected chi connectivity index (χ2v) is 3.71. The van der Waals surface area contributed by atoms with Crippen molar-refractivity contribution in [1.29, 1.82) is 5.26 Å². The minimum absolute atomic E-state index is 0.584. The second-order valence-electron chi connectivity index (χ2n) is 3.71. The van der Waals surface area contributed by atoms with Crippen LogP contribution in [0.5, 0.6) is 0 Å². The quantitative estimate of drug-likeness (QED) is 0.727. The molecule has 0 amide bonds. The monoisotopic (exact) mass is 212 g/mol. The van der Waals surface area contributed by atoms with Crippen LogP contribution in [0.1, 0.15) is 22.5 Å². The standard InChI is InChI=1S/C12H12N4/c1-8-9(2)15-16(10(8)3)12-7-14-5-4-11(12)6-13/h4-5,7H,1-3H3. The van der Waals surface area contributed by atoms with Gasteiger partial charge in [0.25, 0.3) is 0 Å². The van der Waals surface area contributed by atoms with Gasteiger partial charge in [-0.3, -0.25) is 4.98 Å². The summed E-state index contributed by atoms with van der Waals surface area (Å²) in [5, 5.41) is 13.4. The van der Waals surface area contributed by atoms with Gasteiger partial charge >= 0.3 is 0 Å². The number of pyridine rings is 1. The van der Waals surface area contributed by atoms with Crippen LogP contribution in [0, 0.1) is 32.1 Å². The van der Waals surface area contributed by atoms with Crippen LogP contribution >= 0.6 is 0 Å². The van der Waals surface area contributed by atoms with E-state index in [-0.39, 0.29) is 0 Å². The lowest BCUT2D eigenvalue weighted by molar-refractivity contribution is 0.825. The van der Waals surface area contributed by atoms with E-state index in [0.29, 0.717) is 5.56 Å². The van der Waals surface area contributed by atoms with Gasteiger partial charge in [0, 0.05) is 11.9 Å². The zero-order valence-electron chi connectivity index (χ0n) is 9.52. The Balaban J connectivity index is 2.69. The lowest BCUT2D eigenvalue weighted by atomic mass is 10.2. The summed E-state index contributed by atoms with van der Waals surface area (Å²) in [7, 11) is 0. The molecule has 4 heteroatoms. The fraction of sp³-hybridized carbons (Fsp3) is 0.250. The van der Waals surface area contributed by atoms with E-state index < -0.39 is 0 Å². The summed E-state index contributed by atoms with van der Waals surface area (Å²) in [4.78, 5) is 4.04. The van der Waals surface area contributed by atoms with Gasteiger partial charge in [-0.15, -0.1) is 0 Å². The first-order valence-corrected chi connectivity index (χ1v) is 5.02. The molecule has 80 valence electrons. The van der Waals surface area contributed by atoms with Crippen LogP contribution in [-0.4, -0.2) is 14.8 Å². The molecular formula is C12H12N4. The Labute approximate surface area is 94.2 Å². The summed E-state index contributed by atoms with van der Waals surface area (Å²) >= 11 is 0. The Kier molecular flexibility index (Phi) is 2.45. The molecule has 0 aliphatic rings. The highest BCUT2D eigenvalue weighted by Gasteiger charge is 2.11. The highest BCUT2D eigenvalue weighted by Crippen LogP contribution is 2.18. The van der Waals surface area contributed by atoms with Crippen molar-refractivity contribution in [3.05, 3.63) is 41.0 Å². The molecule has 0 spiro atoms. The smallest absolute Gasteiger partial charge is 0.102 e. The number of hydrogen-bond donors (Lipinski definition) is 0. The van der Waals surface area contributed by atoms with Crippen LogP contribution in [0.15, 0.2) is 18.5 Å². The van der Waals surface area contributed by atoms with E-state index in [4.69, 9.17) is 5.26 Å². The van der Waals surface area contributed by atoms with Crippen LogP contribution < -0.4 is 0 Å². The third-order valence-corrected chi connectivity index (χ3v) is 2.80. The van der Waals surface area contributed by atoms with E-state index in [1.54, 1.807) is 23.1 Å². The second kappa shape index (κ2) is 3.78. The first kappa shape index (κ1) is 10.4. The Hall–Kier alpha value is -2.15. The van der Waals surface area contributed by atoms with Gasteiger partial charge in [0.1, 0.15) is 11.8 Å². The van der Waals surface area contributed by atoms with E-state index in [1.165, 1.54) is 0 Å². The molecule has 16 heavy (non-hydrogen) atoms. The maximum Gasteiger partial charge on any atom is 0.102 e. The summed E-state index contributed by atoms with van der Waals surface area (Å²) in [6.07, 6.45) is 3.28. The predicted octanol–water partition coefficient (Wildman–Crippen LogP) is 2.06. The number of nitrogens with zero attached hydrogens (tertiary/aromatic N) is 4. The minimum Gasteiger partial charge on any atom is -0.262 e. The molecule has 0 aliphatic carbocycles. The molecule has 0 N–H and O–H groups in total. The summed E-state index contributed by atoms with van der Waals surface area (Å²) < 4.78 is 1.77. The van der Waals surface area contributed by atoms with E-state index in [1.807, 2.05) is 20.8 Å². The van der Waals surface area contributed by atoms with Gasteiger partial charge in [-0.2, -0.15) is 10.4 Å². The molecule has 4 nitrogen and oxygen atoms in total. The average Bonchev–Trinajstić information content (AvgIpc) is 2.57. The van der Waals surface area contributed by atoms with Crippen molar-refractivity contribution in [3.8, 4) is 11.8 Å². The zero-order chi connectivity index (χ0) is 11.7. The van der Waals surface area contributed by atoms with Crippen LogP contribution in [-0.2, 0) is 0 Å². The van der Waals surface area contributed by atoms with Gasteiger partial charge in [-0.05, 0) is 32.4 Å². The third-order valence-electron chi connectivity index (χ3n) is 2.80. The van der Waals surface area contributed by atoms with Crippen molar-refractivity contribution in [1.82, 2.24) is 14.8 Å². The maximum atomic E-state index is 9.03. The SMILES string of the molecule is Cc1nn(-c2cnccc2C#N)c(C)c1C. The van der Waals surface area contributed by atoms with Gasteiger partial charge in [-0.1, -0.05) is 0 Å². The average molecular weight is 212 g/mol. The molecule has 2 aromatic heterocycles. The summed E-state index contributed by atoms with van der Waals surface area (Å²) in [6.45, 7) is 5.97. The number of nitriles is 1. The van der Waals surface area contributed by atoms with Crippen LogP contribution in [0.4, 0.5) is 0 Å². The maximum absolute atomic E-state index is 9.03. The third kappa shape index (κ3) is 1.47. The normalized spacial score (nSPS) is 10.1. The Bertz CT molecular complexity index is 575. The largest absolute Gasteiger partial charge is 0.262 e. The van der Waals surface area contributed by atoms with E-state index in [2.05, 4.69) is 16.2 Å².